The monoisotopic (exact) mass is 406 g/mol. The number of likely N-dealkylation sites (tertiary alicyclic amines) is 1. The number of hydrogen-bond acceptors (Lipinski definition) is 4. The molecule has 0 unspecified atom stereocenters. The summed E-state index contributed by atoms with van der Waals surface area (Å²) in [6, 6.07) is 18.4. The van der Waals surface area contributed by atoms with Crippen LogP contribution in [0.15, 0.2) is 59.6 Å². The molecule has 0 saturated carbocycles. The fraction of sp³-hybridized carbons (Fsp3) is 0.333. The molecule has 1 aliphatic rings. The normalized spacial score (nSPS) is 16.8. The summed E-state index contributed by atoms with van der Waals surface area (Å²) in [6.07, 6.45) is 2.31. The van der Waals surface area contributed by atoms with Crippen LogP contribution >= 0.6 is 11.8 Å². The minimum Gasteiger partial charge on any atom is -0.497 e. The van der Waals surface area contributed by atoms with E-state index in [4.69, 9.17) is 9.72 Å². The molecule has 1 amide bonds. The molecule has 5 heteroatoms. The van der Waals surface area contributed by atoms with Crippen LogP contribution in [-0.4, -0.2) is 41.7 Å². The third kappa shape index (κ3) is 4.56. The Bertz CT molecular complexity index is 1010. The molecule has 1 aromatic heterocycles. The predicted octanol–water partition coefficient (Wildman–Crippen LogP) is 5.26. The largest absolute Gasteiger partial charge is 0.497 e. The number of piperidine rings is 1. The average molecular weight is 407 g/mol. The van der Waals surface area contributed by atoms with Crippen molar-refractivity contribution in [1.82, 2.24) is 9.88 Å². The van der Waals surface area contributed by atoms with Crippen molar-refractivity contribution in [1.29, 1.82) is 0 Å². The number of rotatable bonds is 5. The van der Waals surface area contributed by atoms with Crippen molar-refractivity contribution in [2.24, 2.45) is 5.92 Å². The van der Waals surface area contributed by atoms with E-state index in [2.05, 4.69) is 31.2 Å². The van der Waals surface area contributed by atoms with E-state index in [-0.39, 0.29) is 5.91 Å². The number of aromatic nitrogens is 1. The Morgan fingerprint density at radius 1 is 1.21 bits per heavy atom. The smallest absolute Gasteiger partial charge is 0.232 e. The van der Waals surface area contributed by atoms with Gasteiger partial charge in [-0.05, 0) is 48.1 Å². The second kappa shape index (κ2) is 8.87. The van der Waals surface area contributed by atoms with Crippen LogP contribution in [0.3, 0.4) is 0 Å². The zero-order valence-corrected chi connectivity index (χ0v) is 17.7. The summed E-state index contributed by atoms with van der Waals surface area (Å²) in [5, 5.41) is 1.94. The van der Waals surface area contributed by atoms with Crippen molar-refractivity contribution in [3.8, 4) is 16.9 Å². The Morgan fingerprint density at radius 2 is 2.03 bits per heavy atom. The summed E-state index contributed by atoms with van der Waals surface area (Å²) in [7, 11) is 1.66. The van der Waals surface area contributed by atoms with Crippen molar-refractivity contribution in [2.75, 3.05) is 26.0 Å². The van der Waals surface area contributed by atoms with Crippen LogP contribution in [0, 0.1) is 5.92 Å². The molecule has 0 aliphatic carbocycles. The van der Waals surface area contributed by atoms with Gasteiger partial charge in [-0.25, -0.2) is 4.98 Å². The van der Waals surface area contributed by atoms with Gasteiger partial charge in [-0.1, -0.05) is 49.0 Å². The maximum Gasteiger partial charge on any atom is 0.232 e. The quantitative estimate of drug-likeness (QED) is 0.542. The Hall–Kier alpha value is -2.53. The number of fused-ring (bicyclic) bond motifs is 1. The van der Waals surface area contributed by atoms with Crippen LogP contribution in [0.25, 0.3) is 22.0 Å². The first-order valence-electron chi connectivity index (χ1n) is 10.1. The first kappa shape index (κ1) is 19.8. The highest BCUT2D eigenvalue weighted by molar-refractivity contribution is 7.99. The SMILES string of the molecule is COc1ccc2c(-c3ccccc3)cc(SCC(=O)N3CCC[C@@H](C)C3)nc2c1. The molecule has 0 N–H and O–H groups in total. The maximum absolute atomic E-state index is 12.7. The number of ether oxygens (including phenoxy) is 1. The molecule has 1 saturated heterocycles. The molecule has 2 aromatic carbocycles. The second-order valence-corrected chi connectivity index (χ2v) is 8.63. The van der Waals surface area contributed by atoms with E-state index in [0.717, 1.165) is 52.3 Å². The van der Waals surface area contributed by atoms with Crippen LogP contribution < -0.4 is 4.74 Å². The van der Waals surface area contributed by atoms with E-state index in [1.165, 1.54) is 18.2 Å². The van der Waals surface area contributed by atoms with Gasteiger partial charge in [-0.15, -0.1) is 0 Å². The highest BCUT2D eigenvalue weighted by Crippen LogP contribution is 2.33. The molecule has 4 rings (SSSR count). The van der Waals surface area contributed by atoms with E-state index in [1.54, 1.807) is 7.11 Å². The van der Waals surface area contributed by atoms with E-state index in [9.17, 15) is 4.79 Å². The van der Waals surface area contributed by atoms with Gasteiger partial charge in [-0.2, -0.15) is 0 Å². The summed E-state index contributed by atoms with van der Waals surface area (Å²) in [5.41, 5.74) is 3.15. The minimum atomic E-state index is 0.204. The highest BCUT2D eigenvalue weighted by Gasteiger charge is 2.21. The highest BCUT2D eigenvalue weighted by atomic mass is 32.2. The molecule has 1 fully saturated rings. The molecule has 150 valence electrons. The van der Waals surface area contributed by atoms with Gasteiger partial charge in [0.1, 0.15) is 5.75 Å². The summed E-state index contributed by atoms with van der Waals surface area (Å²) in [4.78, 5) is 19.5. The van der Waals surface area contributed by atoms with E-state index < -0.39 is 0 Å². The van der Waals surface area contributed by atoms with Gasteiger partial charge >= 0.3 is 0 Å². The number of methoxy groups -OCH3 is 1. The zero-order valence-electron chi connectivity index (χ0n) is 16.9. The van der Waals surface area contributed by atoms with Crippen LogP contribution in [-0.2, 0) is 4.79 Å². The summed E-state index contributed by atoms with van der Waals surface area (Å²) in [6.45, 7) is 3.97. The fourth-order valence-electron chi connectivity index (χ4n) is 3.88. The molecule has 1 aliphatic heterocycles. The molecular weight excluding hydrogens is 380 g/mol. The number of nitrogens with zero attached hydrogens (tertiary/aromatic N) is 2. The van der Waals surface area contributed by atoms with E-state index in [0.29, 0.717) is 11.7 Å². The van der Waals surface area contributed by atoms with Crippen molar-refractivity contribution >= 4 is 28.6 Å². The number of amides is 1. The Kier molecular flexibility index (Phi) is 6.05. The van der Waals surface area contributed by atoms with Gasteiger partial charge in [0.05, 0.1) is 23.4 Å². The predicted molar refractivity (Wildman–Crippen MR) is 119 cm³/mol. The summed E-state index contributed by atoms with van der Waals surface area (Å²) < 4.78 is 5.39. The fourth-order valence-corrected chi connectivity index (χ4v) is 4.70. The lowest BCUT2D eigenvalue weighted by Gasteiger charge is -2.30. The molecule has 29 heavy (non-hydrogen) atoms. The number of benzene rings is 2. The minimum absolute atomic E-state index is 0.204. The average Bonchev–Trinajstić information content (AvgIpc) is 2.77. The zero-order chi connectivity index (χ0) is 20.2. The van der Waals surface area contributed by atoms with Crippen LogP contribution in [0.1, 0.15) is 19.8 Å². The van der Waals surface area contributed by atoms with Crippen LogP contribution in [0.5, 0.6) is 5.75 Å². The van der Waals surface area contributed by atoms with Crippen LogP contribution in [0.4, 0.5) is 0 Å². The molecule has 4 nitrogen and oxygen atoms in total. The number of thioether (sulfide) groups is 1. The lowest BCUT2D eigenvalue weighted by Crippen LogP contribution is -2.40. The molecule has 0 radical (unpaired) electrons. The molecule has 1 atom stereocenters. The maximum atomic E-state index is 12.7. The van der Waals surface area contributed by atoms with Gasteiger partial charge in [0.2, 0.25) is 5.91 Å². The standard InChI is InChI=1S/C24H26N2O2S/c1-17-7-6-12-26(15-17)24(27)16-29-23-14-21(18-8-4-3-5-9-18)20-11-10-19(28-2)13-22(20)25-23/h3-5,8-11,13-14,17H,6-7,12,15-16H2,1-2H3/t17-/m1/s1. The first-order valence-corrected chi connectivity index (χ1v) is 11.1. The number of carbonyl (C=O) groups excluding carboxylic acids is 1. The summed E-state index contributed by atoms with van der Waals surface area (Å²) in [5.74, 6) is 2.00. The Labute approximate surface area is 176 Å². The number of hydrogen-bond donors (Lipinski definition) is 0. The van der Waals surface area contributed by atoms with Gasteiger partial charge < -0.3 is 9.64 Å². The Morgan fingerprint density at radius 3 is 2.79 bits per heavy atom. The first-order chi connectivity index (χ1) is 14.1. The number of pyridine rings is 1. The van der Waals surface area contributed by atoms with Crippen molar-refractivity contribution in [3.05, 3.63) is 54.6 Å². The molecule has 0 bridgehead atoms. The lowest BCUT2D eigenvalue weighted by molar-refractivity contribution is -0.130. The van der Waals surface area contributed by atoms with E-state index in [1.807, 2.05) is 35.2 Å². The topological polar surface area (TPSA) is 42.4 Å². The van der Waals surface area contributed by atoms with Gasteiger partial charge in [-0.3, -0.25) is 4.79 Å². The van der Waals surface area contributed by atoms with Crippen molar-refractivity contribution in [2.45, 2.75) is 24.8 Å². The number of carbonyl (C=O) groups is 1. The Balaban J connectivity index is 1.62. The molecule has 2 heterocycles. The van der Waals surface area contributed by atoms with E-state index >= 15 is 0 Å². The lowest BCUT2D eigenvalue weighted by atomic mass is 10.0. The van der Waals surface area contributed by atoms with Gasteiger partial charge in [0, 0.05) is 24.5 Å². The van der Waals surface area contributed by atoms with Gasteiger partial charge in [0.25, 0.3) is 0 Å². The third-order valence-electron chi connectivity index (χ3n) is 5.43. The van der Waals surface area contributed by atoms with Crippen LogP contribution in [0.2, 0.25) is 0 Å². The molecular formula is C24H26N2O2S. The second-order valence-electron chi connectivity index (χ2n) is 7.63. The van der Waals surface area contributed by atoms with Crippen molar-refractivity contribution < 1.29 is 9.53 Å². The molecule has 0 spiro atoms. The van der Waals surface area contributed by atoms with Gasteiger partial charge in [0.15, 0.2) is 0 Å². The van der Waals surface area contributed by atoms with Crippen molar-refractivity contribution in [3.63, 3.8) is 0 Å². The third-order valence-corrected chi connectivity index (χ3v) is 6.33. The summed E-state index contributed by atoms with van der Waals surface area (Å²) >= 11 is 1.52. The molecule has 3 aromatic rings.